The van der Waals surface area contributed by atoms with Gasteiger partial charge in [-0.2, -0.15) is 0 Å². The van der Waals surface area contributed by atoms with Gasteiger partial charge in [-0.1, -0.05) is 52.0 Å². The Morgan fingerprint density at radius 3 is 2.15 bits per heavy atom. The SMILES string of the molecule is CCC(Oc1ccc(C(C)(C)C)cc1)C(=O)NC(C)c1ccc(F)cc1. The van der Waals surface area contributed by atoms with E-state index in [0.29, 0.717) is 12.2 Å². The summed E-state index contributed by atoms with van der Waals surface area (Å²) in [7, 11) is 0. The minimum Gasteiger partial charge on any atom is -0.481 e. The van der Waals surface area contributed by atoms with Crippen LogP contribution in [0.5, 0.6) is 5.75 Å². The fourth-order valence-electron chi connectivity index (χ4n) is 2.66. The number of rotatable bonds is 6. The first-order valence-corrected chi connectivity index (χ1v) is 9.03. The summed E-state index contributed by atoms with van der Waals surface area (Å²) in [4.78, 5) is 12.5. The molecule has 0 radical (unpaired) electrons. The van der Waals surface area contributed by atoms with Gasteiger partial charge in [-0.3, -0.25) is 4.79 Å². The molecule has 2 atom stereocenters. The maximum atomic E-state index is 13.0. The molecular formula is C22H28FNO2. The molecular weight excluding hydrogens is 329 g/mol. The molecule has 0 saturated carbocycles. The standard InChI is InChI=1S/C22H28FNO2/c1-6-20(26-19-13-9-17(10-14-19)22(3,4)5)21(25)24-15(2)16-7-11-18(23)12-8-16/h7-15,20H,6H2,1-5H3,(H,24,25). The molecule has 2 rings (SSSR count). The summed E-state index contributed by atoms with van der Waals surface area (Å²) in [6.45, 7) is 10.2. The summed E-state index contributed by atoms with van der Waals surface area (Å²) in [6.07, 6.45) is -0.0124. The number of hydrogen-bond donors (Lipinski definition) is 1. The smallest absolute Gasteiger partial charge is 0.261 e. The molecule has 0 aliphatic rings. The van der Waals surface area contributed by atoms with E-state index in [9.17, 15) is 9.18 Å². The number of carbonyl (C=O) groups is 1. The summed E-state index contributed by atoms with van der Waals surface area (Å²) in [6, 6.07) is 13.8. The van der Waals surface area contributed by atoms with Crippen molar-refractivity contribution in [1.82, 2.24) is 5.32 Å². The van der Waals surface area contributed by atoms with Gasteiger partial charge < -0.3 is 10.1 Å². The minimum absolute atomic E-state index is 0.0741. The van der Waals surface area contributed by atoms with Gasteiger partial charge in [-0.15, -0.1) is 0 Å². The number of halogens is 1. The van der Waals surface area contributed by atoms with E-state index in [1.54, 1.807) is 12.1 Å². The lowest BCUT2D eigenvalue weighted by Crippen LogP contribution is -2.39. The molecule has 0 aliphatic carbocycles. The Bertz CT molecular complexity index is 717. The summed E-state index contributed by atoms with van der Waals surface area (Å²) >= 11 is 0. The average Bonchev–Trinajstić information content (AvgIpc) is 2.59. The predicted octanol–water partition coefficient (Wildman–Crippen LogP) is 5.16. The van der Waals surface area contributed by atoms with Crippen molar-refractivity contribution in [3.05, 3.63) is 65.5 Å². The van der Waals surface area contributed by atoms with Crippen molar-refractivity contribution in [2.24, 2.45) is 0 Å². The predicted molar refractivity (Wildman–Crippen MR) is 103 cm³/mol. The van der Waals surface area contributed by atoms with Crippen molar-refractivity contribution < 1.29 is 13.9 Å². The zero-order chi connectivity index (χ0) is 19.3. The molecule has 0 spiro atoms. The third-order valence-corrected chi connectivity index (χ3v) is 4.39. The largest absolute Gasteiger partial charge is 0.481 e. The van der Waals surface area contributed by atoms with Crippen LogP contribution in [-0.4, -0.2) is 12.0 Å². The lowest BCUT2D eigenvalue weighted by Gasteiger charge is -2.22. The van der Waals surface area contributed by atoms with E-state index in [4.69, 9.17) is 4.74 Å². The van der Waals surface area contributed by atoms with Crippen molar-refractivity contribution in [3.8, 4) is 5.75 Å². The van der Waals surface area contributed by atoms with Crippen LogP contribution in [0, 0.1) is 5.82 Å². The monoisotopic (exact) mass is 357 g/mol. The molecule has 0 saturated heterocycles. The van der Waals surface area contributed by atoms with Crippen molar-refractivity contribution in [3.63, 3.8) is 0 Å². The van der Waals surface area contributed by atoms with Gasteiger partial charge in [-0.25, -0.2) is 4.39 Å². The van der Waals surface area contributed by atoms with Gasteiger partial charge in [-0.05, 0) is 54.2 Å². The Morgan fingerprint density at radius 2 is 1.65 bits per heavy atom. The highest BCUT2D eigenvalue weighted by molar-refractivity contribution is 5.81. The highest BCUT2D eigenvalue weighted by Crippen LogP contribution is 2.25. The van der Waals surface area contributed by atoms with Crippen LogP contribution in [0.2, 0.25) is 0 Å². The molecule has 0 bridgehead atoms. The Hall–Kier alpha value is -2.36. The molecule has 0 heterocycles. The Kier molecular flexibility index (Phi) is 6.41. The lowest BCUT2D eigenvalue weighted by molar-refractivity contribution is -0.128. The minimum atomic E-state index is -0.571. The molecule has 0 aromatic heterocycles. The average molecular weight is 357 g/mol. The number of benzene rings is 2. The van der Waals surface area contributed by atoms with Gasteiger partial charge in [0.25, 0.3) is 5.91 Å². The van der Waals surface area contributed by atoms with E-state index in [1.807, 2.05) is 38.1 Å². The normalized spacial score (nSPS) is 13.8. The molecule has 1 amide bonds. The summed E-state index contributed by atoms with van der Waals surface area (Å²) in [5.41, 5.74) is 2.14. The first kappa shape index (κ1) is 20.0. The van der Waals surface area contributed by atoms with Crippen molar-refractivity contribution in [1.29, 1.82) is 0 Å². The zero-order valence-electron chi connectivity index (χ0n) is 16.2. The summed E-state index contributed by atoms with van der Waals surface area (Å²) in [5, 5.41) is 2.94. The van der Waals surface area contributed by atoms with Crippen LogP contribution in [0.1, 0.15) is 58.2 Å². The molecule has 2 aromatic carbocycles. The van der Waals surface area contributed by atoms with E-state index < -0.39 is 6.10 Å². The second-order valence-corrected chi connectivity index (χ2v) is 7.57. The number of carbonyl (C=O) groups excluding carboxylic acids is 1. The van der Waals surface area contributed by atoms with Crippen molar-refractivity contribution in [2.75, 3.05) is 0 Å². The number of hydrogen-bond acceptors (Lipinski definition) is 2. The third-order valence-electron chi connectivity index (χ3n) is 4.39. The third kappa shape index (κ3) is 5.32. The zero-order valence-corrected chi connectivity index (χ0v) is 16.2. The molecule has 0 aliphatic heterocycles. The molecule has 0 fully saturated rings. The fraction of sp³-hybridized carbons (Fsp3) is 0.409. The second-order valence-electron chi connectivity index (χ2n) is 7.57. The molecule has 26 heavy (non-hydrogen) atoms. The van der Waals surface area contributed by atoms with Crippen LogP contribution in [0.4, 0.5) is 4.39 Å². The molecule has 2 unspecified atom stereocenters. The fourth-order valence-corrected chi connectivity index (χ4v) is 2.66. The van der Waals surface area contributed by atoms with Crippen LogP contribution in [-0.2, 0) is 10.2 Å². The topological polar surface area (TPSA) is 38.3 Å². The van der Waals surface area contributed by atoms with Crippen LogP contribution in [0.15, 0.2) is 48.5 Å². The Labute approximate surface area is 155 Å². The van der Waals surface area contributed by atoms with Gasteiger partial charge in [0.2, 0.25) is 0 Å². The molecule has 4 heteroatoms. The van der Waals surface area contributed by atoms with E-state index >= 15 is 0 Å². The van der Waals surface area contributed by atoms with Crippen LogP contribution < -0.4 is 10.1 Å². The van der Waals surface area contributed by atoms with Gasteiger partial charge in [0.05, 0.1) is 6.04 Å². The summed E-state index contributed by atoms with van der Waals surface area (Å²) < 4.78 is 18.9. The van der Waals surface area contributed by atoms with E-state index in [0.717, 1.165) is 5.56 Å². The first-order chi connectivity index (χ1) is 12.2. The first-order valence-electron chi connectivity index (χ1n) is 9.03. The summed E-state index contributed by atoms with van der Waals surface area (Å²) in [5.74, 6) is 0.208. The molecule has 3 nitrogen and oxygen atoms in total. The van der Waals surface area contributed by atoms with Crippen LogP contribution in [0.3, 0.4) is 0 Å². The van der Waals surface area contributed by atoms with Gasteiger partial charge in [0, 0.05) is 0 Å². The second kappa shape index (κ2) is 8.35. The lowest BCUT2D eigenvalue weighted by atomic mass is 9.87. The van der Waals surface area contributed by atoms with Crippen molar-refractivity contribution >= 4 is 5.91 Å². The van der Waals surface area contributed by atoms with Crippen LogP contribution >= 0.6 is 0 Å². The molecule has 1 N–H and O–H groups in total. The van der Waals surface area contributed by atoms with Gasteiger partial charge in [0.15, 0.2) is 6.10 Å². The van der Waals surface area contributed by atoms with E-state index in [2.05, 4.69) is 26.1 Å². The number of amides is 1. The maximum Gasteiger partial charge on any atom is 0.261 e. The maximum absolute atomic E-state index is 13.0. The Balaban J connectivity index is 2.00. The van der Waals surface area contributed by atoms with Crippen molar-refractivity contribution in [2.45, 2.75) is 58.6 Å². The van der Waals surface area contributed by atoms with Crippen LogP contribution in [0.25, 0.3) is 0 Å². The Morgan fingerprint density at radius 1 is 1.08 bits per heavy atom. The highest BCUT2D eigenvalue weighted by Gasteiger charge is 2.21. The number of ether oxygens (including phenoxy) is 1. The highest BCUT2D eigenvalue weighted by atomic mass is 19.1. The van der Waals surface area contributed by atoms with Gasteiger partial charge >= 0.3 is 0 Å². The molecule has 2 aromatic rings. The molecule has 140 valence electrons. The quantitative estimate of drug-likeness (QED) is 0.776. The van der Waals surface area contributed by atoms with E-state index in [-0.39, 0.29) is 23.2 Å². The van der Waals surface area contributed by atoms with Gasteiger partial charge in [0.1, 0.15) is 11.6 Å². The van der Waals surface area contributed by atoms with E-state index in [1.165, 1.54) is 17.7 Å². The number of nitrogens with one attached hydrogen (secondary N) is 1.